The number of hydrogen-bond acceptors (Lipinski definition) is 5. The molecule has 0 radical (unpaired) electrons. The highest BCUT2D eigenvalue weighted by Crippen LogP contribution is 2.27. The highest BCUT2D eigenvalue weighted by atomic mass is 16.5. The number of hydrogen-bond donors (Lipinski definition) is 4. The second-order valence-electron chi connectivity index (χ2n) is 5.43. The number of rotatable bonds is 4. The maximum atomic E-state index is 12.2. The van der Waals surface area contributed by atoms with Crippen LogP contribution in [0.1, 0.15) is 29.8 Å². The number of pyridine rings is 1. The van der Waals surface area contributed by atoms with Gasteiger partial charge in [0.25, 0.3) is 5.91 Å². The van der Waals surface area contributed by atoms with E-state index in [9.17, 15) is 4.79 Å². The van der Waals surface area contributed by atoms with E-state index < -0.39 is 0 Å². The normalized spacial score (nSPS) is 10.6. The van der Waals surface area contributed by atoms with Gasteiger partial charge in [-0.05, 0) is 50.1 Å². The van der Waals surface area contributed by atoms with Crippen molar-refractivity contribution in [2.75, 3.05) is 11.2 Å². The first-order chi connectivity index (χ1) is 10.4. The van der Waals surface area contributed by atoms with Gasteiger partial charge < -0.3 is 11.1 Å². The summed E-state index contributed by atoms with van der Waals surface area (Å²) in [6.45, 7) is 5.69. The Hall–Kier alpha value is -2.60. The van der Waals surface area contributed by atoms with Crippen LogP contribution in [0.15, 0.2) is 30.5 Å². The van der Waals surface area contributed by atoms with Crippen LogP contribution in [-0.4, -0.2) is 22.1 Å². The second kappa shape index (κ2) is 6.44. The summed E-state index contributed by atoms with van der Waals surface area (Å²) in [6.07, 6.45) is 1.63. The molecule has 0 aliphatic carbocycles. The van der Waals surface area contributed by atoms with Gasteiger partial charge >= 0.3 is 0 Å². The maximum Gasteiger partial charge on any atom is 0.255 e. The van der Waals surface area contributed by atoms with Gasteiger partial charge in [-0.3, -0.25) is 15.5 Å². The highest BCUT2D eigenvalue weighted by molar-refractivity contribution is 5.99. The quantitative estimate of drug-likeness (QED) is 0.650. The molecule has 5 N–H and O–H groups in total. The number of aryl methyl sites for hydroxylation is 1. The van der Waals surface area contributed by atoms with Crippen molar-refractivity contribution < 1.29 is 10.0 Å². The van der Waals surface area contributed by atoms with Crippen molar-refractivity contribution in [2.45, 2.75) is 26.8 Å². The number of aromatic nitrogens is 1. The Morgan fingerprint density at radius 3 is 2.64 bits per heavy atom. The number of benzene rings is 1. The summed E-state index contributed by atoms with van der Waals surface area (Å²) >= 11 is 0. The minimum atomic E-state index is -0.242. The molecule has 6 heteroatoms. The Kier molecular flexibility index (Phi) is 4.62. The summed E-state index contributed by atoms with van der Waals surface area (Å²) in [7, 11) is 0. The van der Waals surface area contributed by atoms with Crippen LogP contribution in [0.25, 0.3) is 11.1 Å². The fraction of sp³-hybridized carbons (Fsp3) is 0.250. The molecule has 0 bridgehead atoms. The first kappa shape index (κ1) is 15.8. The van der Waals surface area contributed by atoms with E-state index in [2.05, 4.69) is 15.8 Å². The molecule has 1 amide bonds. The molecule has 1 aromatic heterocycles. The number of nitrogens with zero attached hydrogens (tertiary/aromatic N) is 1. The molecule has 6 nitrogen and oxygen atoms in total. The second-order valence-corrected chi connectivity index (χ2v) is 5.43. The number of carbonyl (C=O) groups is 1. The Balaban J connectivity index is 2.43. The van der Waals surface area contributed by atoms with Crippen molar-refractivity contribution >= 4 is 17.4 Å². The molecule has 0 saturated heterocycles. The summed E-state index contributed by atoms with van der Waals surface area (Å²) in [4.78, 5) is 16.3. The molecule has 0 saturated carbocycles. The van der Waals surface area contributed by atoms with Crippen LogP contribution in [0.4, 0.5) is 11.5 Å². The topological polar surface area (TPSA) is 100 Å². The molecule has 2 rings (SSSR count). The Morgan fingerprint density at radius 1 is 1.32 bits per heavy atom. The van der Waals surface area contributed by atoms with Crippen LogP contribution in [0, 0.1) is 6.92 Å². The lowest BCUT2D eigenvalue weighted by molar-refractivity contribution is 0.0944. The summed E-state index contributed by atoms with van der Waals surface area (Å²) in [5, 5.41) is 11.7. The molecule has 22 heavy (non-hydrogen) atoms. The van der Waals surface area contributed by atoms with Gasteiger partial charge in [0.05, 0.1) is 11.3 Å². The number of anilines is 2. The molecule has 0 unspecified atom stereocenters. The molecule has 0 spiro atoms. The largest absolute Gasteiger partial charge is 0.383 e. The third-order valence-electron chi connectivity index (χ3n) is 3.25. The number of nitrogens with one attached hydrogen (secondary N) is 2. The molecular weight excluding hydrogens is 280 g/mol. The zero-order chi connectivity index (χ0) is 16.3. The summed E-state index contributed by atoms with van der Waals surface area (Å²) < 4.78 is 0. The third-order valence-corrected chi connectivity index (χ3v) is 3.25. The van der Waals surface area contributed by atoms with Gasteiger partial charge in [-0.15, -0.1) is 0 Å². The molecule has 1 heterocycles. The Labute approximate surface area is 129 Å². The van der Waals surface area contributed by atoms with Gasteiger partial charge in [-0.2, -0.15) is 0 Å². The average molecular weight is 300 g/mol. The minimum Gasteiger partial charge on any atom is -0.383 e. The first-order valence-corrected chi connectivity index (χ1v) is 7.00. The number of carbonyl (C=O) groups excluding carboxylic acids is 1. The van der Waals surface area contributed by atoms with Crippen LogP contribution in [-0.2, 0) is 0 Å². The first-order valence-electron chi connectivity index (χ1n) is 7.00. The van der Waals surface area contributed by atoms with Crippen molar-refractivity contribution in [1.82, 2.24) is 10.3 Å². The lowest BCUT2D eigenvalue weighted by atomic mass is 10.00. The molecule has 1 aromatic carbocycles. The predicted octanol–water partition coefficient (Wildman–Crippen LogP) is 2.58. The van der Waals surface area contributed by atoms with E-state index in [0.717, 1.165) is 16.7 Å². The van der Waals surface area contributed by atoms with E-state index >= 15 is 0 Å². The summed E-state index contributed by atoms with van der Waals surface area (Å²) in [5.74, 6) is -0.0404. The van der Waals surface area contributed by atoms with E-state index in [4.69, 9.17) is 10.9 Å². The molecular formula is C16H20N4O2. The van der Waals surface area contributed by atoms with Gasteiger partial charge in [-0.1, -0.05) is 6.07 Å². The fourth-order valence-electron chi connectivity index (χ4n) is 2.20. The van der Waals surface area contributed by atoms with E-state index in [1.807, 2.05) is 26.8 Å². The van der Waals surface area contributed by atoms with Gasteiger partial charge in [0.2, 0.25) is 0 Å². The van der Waals surface area contributed by atoms with Gasteiger partial charge in [-0.25, -0.2) is 4.98 Å². The highest BCUT2D eigenvalue weighted by Gasteiger charge is 2.14. The standard InChI is InChI=1S/C16H20N4O2/c1-9(2)19-16(21)14-7-11(8-18-15(14)17)13-5-4-12(20-22)6-10(13)3/h4-9,20,22H,1-3H3,(H2,17,18)(H,19,21). The molecule has 0 fully saturated rings. The van der Waals surface area contributed by atoms with Crippen LogP contribution in [0.5, 0.6) is 0 Å². The van der Waals surface area contributed by atoms with E-state index in [0.29, 0.717) is 11.3 Å². The molecule has 2 aromatic rings. The van der Waals surface area contributed by atoms with E-state index in [-0.39, 0.29) is 17.8 Å². The molecule has 0 aliphatic rings. The maximum absolute atomic E-state index is 12.2. The fourth-order valence-corrected chi connectivity index (χ4v) is 2.20. The average Bonchev–Trinajstić information content (AvgIpc) is 2.47. The number of nitrogens with two attached hydrogens (primary N) is 1. The zero-order valence-corrected chi connectivity index (χ0v) is 12.8. The van der Waals surface area contributed by atoms with Crippen molar-refractivity contribution in [3.63, 3.8) is 0 Å². The van der Waals surface area contributed by atoms with E-state index in [1.54, 1.807) is 24.4 Å². The van der Waals surface area contributed by atoms with Crippen molar-refractivity contribution in [3.05, 3.63) is 41.6 Å². The predicted molar refractivity (Wildman–Crippen MR) is 86.8 cm³/mol. The van der Waals surface area contributed by atoms with Crippen molar-refractivity contribution in [2.24, 2.45) is 0 Å². The smallest absolute Gasteiger partial charge is 0.255 e. The third kappa shape index (κ3) is 3.35. The van der Waals surface area contributed by atoms with Crippen LogP contribution in [0.3, 0.4) is 0 Å². The Morgan fingerprint density at radius 2 is 2.05 bits per heavy atom. The van der Waals surface area contributed by atoms with Gasteiger partial charge in [0.1, 0.15) is 5.82 Å². The van der Waals surface area contributed by atoms with Crippen LogP contribution in [0.2, 0.25) is 0 Å². The van der Waals surface area contributed by atoms with Crippen molar-refractivity contribution in [1.29, 1.82) is 0 Å². The van der Waals surface area contributed by atoms with Gasteiger partial charge in [0.15, 0.2) is 0 Å². The molecule has 0 aliphatic heterocycles. The van der Waals surface area contributed by atoms with Crippen molar-refractivity contribution in [3.8, 4) is 11.1 Å². The van der Waals surface area contributed by atoms with E-state index in [1.165, 1.54) is 0 Å². The minimum absolute atomic E-state index is 0.0206. The lowest BCUT2D eigenvalue weighted by Crippen LogP contribution is -2.30. The monoisotopic (exact) mass is 300 g/mol. The lowest BCUT2D eigenvalue weighted by Gasteiger charge is -2.12. The number of nitrogen functional groups attached to an aromatic ring is 1. The van der Waals surface area contributed by atoms with Crippen LogP contribution >= 0.6 is 0 Å². The van der Waals surface area contributed by atoms with Gasteiger partial charge in [0, 0.05) is 17.8 Å². The molecule has 116 valence electrons. The SMILES string of the molecule is Cc1cc(NO)ccc1-c1cnc(N)c(C(=O)NC(C)C)c1. The zero-order valence-electron chi connectivity index (χ0n) is 12.8. The summed E-state index contributed by atoms with van der Waals surface area (Å²) in [6, 6.07) is 7.15. The molecule has 0 atom stereocenters. The number of amides is 1. The van der Waals surface area contributed by atoms with Crippen LogP contribution < -0.4 is 16.5 Å². The Bertz CT molecular complexity index is 699. The summed E-state index contributed by atoms with van der Waals surface area (Å²) in [5.41, 5.74) is 11.5.